The summed E-state index contributed by atoms with van der Waals surface area (Å²) in [6.45, 7) is 9.80. The Morgan fingerprint density at radius 3 is 2.77 bits per heavy atom. The first-order valence-electron chi connectivity index (χ1n) is 5.00. The van der Waals surface area contributed by atoms with Crippen molar-refractivity contribution in [3.8, 4) is 0 Å². The van der Waals surface area contributed by atoms with Crippen LogP contribution in [0.4, 0.5) is 0 Å². The van der Waals surface area contributed by atoms with Crippen molar-refractivity contribution in [3.63, 3.8) is 0 Å². The maximum absolute atomic E-state index is 4.33. The van der Waals surface area contributed by atoms with Gasteiger partial charge in [-0.05, 0) is 13.1 Å². The molecule has 0 radical (unpaired) electrons. The molecular weight excluding hydrogens is 182 g/mol. The smallest absolute Gasteiger partial charge is 0.156 e. The molecule has 0 aromatic heterocycles. The van der Waals surface area contributed by atoms with Gasteiger partial charge < -0.3 is 10.2 Å². The average Bonchev–Trinajstić information content (AvgIpc) is 2.65. The summed E-state index contributed by atoms with van der Waals surface area (Å²) in [5, 5.41) is 4.48. The molecule has 0 aromatic rings. The number of likely N-dealkylation sites (N-methyl/N-ethyl adjacent to an activating group) is 1. The average molecular weight is 201 g/mol. The Bertz CT molecular complexity index is 166. The van der Waals surface area contributed by atoms with Gasteiger partial charge in [-0.3, -0.25) is 4.99 Å². The number of rotatable bonds is 5. The molecule has 0 unspecified atom stereocenters. The van der Waals surface area contributed by atoms with Crippen LogP contribution >= 0.6 is 11.8 Å². The highest BCUT2D eigenvalue weighted by atomic mass is 32.2. The second-order valence-electron chi connectivity index (χ2n) is 2.99. The van der Waals surface area contributed by atoms with Gasteiger partial charge in [-0.2, -0.15) is 0 Å². The van der Waals surface area contributed by atoms with Gasteiger partial charge in [-0.15, -0.1) is 0 Å². The summed E-state index contributed by atoms with van der Waals surface area (Å²) in [7, 11) is 0. The lowest BCUT2D eigenvalue weighted by Crippen LogP contribution is -2.33. The number of hydrogen-bond donors (Lipinski definition) is 1. The topological polar surface area (TPSA) is 27.6 Å². The van der Waals surface area contributed by atoms with Gasteiger partial charge in [0.1, 0.15) is 0 Å². The maximum atomic E-state index is 4.33. The van der Waals surface area contributed by atoms with E-state index < -0.39 is 0 Å². The van der Waals surface area contributed by atoms with Gasteiger partial charge >= 0.3 is 0 Å². The lowest BCUT2D eigenvalue weighted by molar-refractivity contribution is 0.309. The van der Waals surface area contributed by atoms with Crippen molar-refractivity contribution in [2.75, 3.05) is 38.5 Å². The van der Waals surface area contributed by atoms with Crippen LogP contribution in [0.2, 0.25) is 0 Å². The van der Waals surface area contributed by atoms with Crippen molar-refractivity contribution in [3.05, 3.63) is 0 Å². The van der Waals surface area contributed by atoms with Crippen molar-refractivity contribution in [2.45, 2.75) is 13.8 Å². The van der Waals surface area contributed by atoms with E-state index in [0.717, 1.165) is 43.6 Å². The van der Waals surface area contributed by atoms with Crippen LogP contribution in [-0.2, 0) is 0 Å². The van der Waals surface area contributed by atoms with Crippen molar-refractivity contribution in [2.24, 2.45) is 4.99 Å². The molecule has 0 aliphatic carbocycles. The fourth-order valence-corrected chi connectivity index (χ4v) is 2.07. The number of hydrogen-bond acceptors (Lipinski definition) is 4. The Hall–Kier alpha value is -0.220. The highest BCUT2D eigenvalue weighted by molar-refractivity contribution is 8.14. The number of nitrogens with zero attached hydrogens (tertiary/aromatic N) is 2. The molecule has 1 N–H and O–H groups in total. The van der Waals surface area contributed by atoms with E-state index in [2.05, 4.69) is 29.1 Å². The molecule has 0 spiro atoms. The van der Waals surface area contributed by atoms with Crippen molar-refractivity contribution < 1.29 is 0 Å². The molecule has 0 bridgehead atoms. The Morgan fingerprint density at radius 1 is 1.46 bits per heavy atom. The highest BCUT2D eigenvalue weighted by Gasteiger charge is 2.05. The number of amidine groups is 1. The summed E-state index contributed by atoms with van der Waals surface area (Å²) in [4.78, 5) is 6.74. The zero-order chi connectivity index (χ0) is 9.52. The molecule has 0 saturated heterocycles. The largest absolute Gasteiger partial charge is 0.364 e. The zero-order valence-corrected chi connectivity index (χ0v) is 9.36. The van der Waals surface area contributed by atoms with Gasteiger partial charge in [0, 0.05) is 18.8 Å². The van der Waals surface area contributed by atoms with Crippen LogP contribution in [0.5, 0.6) is 0 Å². The van der Waals surface area contributed by atoms with Crippen LogP contribution in [0.15, 0.2) is 4.99 Å². The molecule has 76 valence electrons. The Labute approximate surface area is 85.0 Å². The van der Waals surface area contributed by atoms with Gasteiger partial charge in [-0.1, -0.05) is 25.6 Å². The van der Waals surface area contributed by atoms with E-state index in [9.17, 15) is 0 Å². The van der Waals surface area contributed by atoms with Gasteiger partial charge in [0.25, 0.3) is 0 Å². The summed E-state index contributed by atoms with van der Waals surface area (Å²) >= 11 is 1.83. The summed E-state index contributed by atoms with van der Waals surface area (Å²) < 4.78 is 0. The minimum atomic E-state index is 0.984. The molecule has 1 rings (SSSR count). The molecule has 4 heteroatoms. The molecule has 0 saturated carbocycles. The third-order valence-electron chi connectivity index (χ3n) is 2.18. The van der Waals surface area contributed by atoms with Gasteiger partial charge in [0.05, 0.1) is 6.54 Å². The molecule has 0 amide bonds. The molecule has 3 nitrogen and oxygen atoms in total. The van der Waals surface area contributed by atoms with E-state index in [1.807, 2.05) is 11.8 Å². The summed E-state index contributed by atoms with van der Waals surface area (Å²) in [6.07, 6.45) is 0. The number of thioether (sulfide) groups is 1. The van der Waals surface area contributed by atoms with Crippen molar-refractivity contribution in [1.82, 2.24) is 10.2 Å². The van der Waals surface area contributed by atoms with Crippen LogP contribution in [0.1, 0.15) is 13.8 Å². The summed E-state index contributed by atoms with van der Waals surface area (Å²) in [5.74, 6) is 1.15. The minimum absolute atomic E-state index is 0.984. The zero-order valence-electron chi connectivity index (χ0n) is 8.55. The standard InChI is InChI=1S/C9H19N3S/c1-3-12(4-2)7-5-10-9-11-6-8-13-9/h3-8H2,1-2H3,(H,10,11). The molecule has 1 aliphatic rings. The predicted molar refractivity (Wildman–Crippen MR) is 60.6 cm³/mol. The van der Waals surface area contributed by atoms with E-state index in [1.54, 1.807) is 0 Å². The third-order valence-corrected chi connectivity index (χ3v) is 3.12. The molecule has 0 aromatic carbocycles. The first kappa shape index (κ1) is 10.9. The van der Waals surface area contributed by atoms with Crippen LogP contribution in [0, 0.1) is 0 Å². The summed E-state index contributed by atoms with van der Waals surface area (Å²) in [6, 6.07) is 0. The van der Waals surface area contributed by atoms with E-state index in [0.29, 0.717) is 0 Å². The number of aliphatic imine (C=N–C) groups is 1. The predicted octanol–water partition coefficient (Wildman–Crippen LogP) is 1.02. The van der Waals surface area contributed by atoms with Crippen LogP contribution in [0.3, 0.4) is 0 Å². The van der Waals surface area contributed by atoms with Crippen LogP contribution in [-0.4, -0.2) is 48.5 Å². The van der Waals surface area contributed by atoms with Crippen LogP contribution in [0.25, 0.3) is 0 Å². The lowest BCUT2D eigenvalue weighted by atomic mass is 10.5. The molecule has 1 aliphatic heterocycles. The highest BCUT2D eigenvalue weighted by Crippen LogP contribution is 2.08. The van der Waals surface area contributed by atoms with E-state index in [4.69, 9.17) is 0 Å². The van der Waals surface area contributed by atoms with Gasteiger partial charge in [-0.25, -0.2) is 0 Å². The van der Waals surface area contributed by atoms with E-state index in [1.165, 1.54) is 0 Å². The Balaban J connectivity index is 2.05. The van der Waals surface area contributed by atoms with E-state index >= 15 is 0 Å². The molecule has 1 heterocycles. The molecular formula is C9H19N3S. The SMILES string of the molecule is CCN(CC)CCNC1=NCCS1. The quantitative estimate of drug-likeness (QED) is 0.720. The van der Waals surface area contributed by atoms with Gasteiger partial charge in [0.15, 0.2) is 5.17 Å². The second kappa shape index (κ2) is 6.27. The monoisotopic (exact) mass is 201 g/mol. The van der Waals surface area contributed by atoms with E-state index in [-0.39, 0.29) is 0 Å². The minimum Gasteiger partial charge on any atom is -0.364 e. The maximum Gasteiger partial charge on any atom is 0.156 e. The molecule has 13 heavy (non-hydrogen) atoms. The second-order valence-corrected chi connectivity index (χ2v) is 4.07. The normalized spacial score (nSPS) is 16.4. The Kier molecular flexibility index (Phi) is 5.23. The molecule has 0 atom stereocenters. The Morgan fingerprint density at radius 2 is 2.23 bits per heavy atom. The first-order chi connectivity index (χ1) is 6.36. The van der Waals surface area contributed by atoms with Gasteiger partial charge in [0.2, 0.25) is 0 Å². The van der Waals surface area contributed by atoms with Crippen molar-refractivity contribution in [1.29, 1.82) is 0 Å². The summed E-state index contributed by atoms with van der Waals surface area (Å²) in [5.41, 5.74) is 0. The molecule has 0 fully saturated rings. The fourth-order valence-electron chi connectivity index (χ4n) is 1.30. The van der Waals surface area contributed by atoms with Crippen molar-refractivity contribution >= 4 is 16.9 Å². The van der Waals surface area contributed by atoms with Crippen LogP contribution < -0.4 is 5.32 Å². The lowest BCUT2D eigenvalue weighted by Gasteiger charge is -2.18. The third kappa shape index (κ3) is 4.00. The fraction of sp³-hybridized carbons (Fsp3) is 0.889. The first-order valence-corrected chi connectivity index (χ1v) is 5.98. The number of nitrogens with one attached hydrogen (secondary N) is 1.